The number of pyridine rings is 1. The summed E-state index contributed by atoms with van der Waals surface area (Å²) in [6.07, 6.45) is 4.96. The second-order valence-electron chi connectivity index (χ2n) is 7.11. The van der Waals surface area contributed by atoms with Gasteiger partial charge < -0.3 is 23.7 Å². The first-order valence-corrected chi connectivity index (χ1v) is 10.3. The van der Waals surface area contributed by atoms with E-state index in [-0.39, 0.29) is 5.56 Å². The molecule has 0 fully saturated rings. The Labute approximate surface area is 177 Å². The Morgan fingerprint density at radius 2 is 1.90 bits per heavy atom. The molecule has 29 heavy (non-hydrogen) atoms. The van der Waals surface area contributed by atoms with Crippen molar-refractivity contribution in [1.82, 2.24) is 9.47 Å². The number of hydrogen-bond acceptors (Lipinski definition) is 5. The average Bonchev–Trinajstić information content (AvgIpc) is 2.69. The minimum Gasteiger partial charge on any atom is -0.493 e. The van der Waals surface area contributed by atoms with Crippen molar-refractivity contribution in [3.8, 4) is 17.2 Å². The van der Waals surface area contributed by atoms with Gasteiger partial charge in [-0.25, -0.2) is 0 Å². The summed E-state index contributed by atoms with van der Waals surface area (Å²) in [6, 6.07) is 6.97. The summed E-state index contributed by atoms with van der Waals surface area (Å²) in [6.45, 7) is 4.33. The van der Waals surface area contributed by atoms with Gasteiger partial charge in [-0.1, -0.05) is 37.4 Å². The molecule has 0 aliphatic heterocycles. The van der Waals surface area contributed by atoms with Crippen LogP contribution in [0.25, 0.3) is 0 Å². The summed E-state index contributed by atoms with van der Waals surface area (Å²) in [5.41, 5.74) is 0.644. The molecule has 0 radical (unpaired) electrons. The number of hydrogen-bond donors (Lipinski definition) is 0. The molecule has 2 rings (SSSR count). The number of ether oxygens (including phenoxy) is 3. The fourth-order valence-corrected chi connectivity index (χ4v) is 3.03. The van der Waals surface area contributed by atoms with Crippen LogP contribution in [0.2, 0.25) is 5.02 Å². The van der Waals surface area contributed by atoms with Crippen LogP contribution in [-0.4, -0.2) is 50.4 Å². The first kappa shape index (κ1) is 23.1. The second kappa shape index (κ2) is 11.7. The molecule has 0 unspecified atom stereocenters. The van der Waals surface area contributed by atoms with Crippen LogP contribution in [-0.2, 0) is 6.54 Å². The monoisotopic (exact) mass is 422 g/mol. The molecule has 7 heteroatoms. The van der Waals surface area contributed by atoms with Gasteiger partial charge in [-0.3, -0.25) is 4.79 Å². The van der Waals surface area contributed by atoms with Gasteiger partial charge in [-0.15, -0.1) is 0 Å². The van der Waals surface area contributed by atoms with Crippen LogP contribution >= 0.6 is 11.6 Å². The van der Waals surface area contributed by atoms with E-state index in [1.165, 1.54) is 6.07 Å². The summed E-state index contributed by atoms with van der Waals surface area (Å²) in [5.74, 6) is 1.66. The Morgan fingerprint density at radius 3 is 2.55 bits per heavy atom. The van der Waals surface area contributed by atoms with Gasteiger partial charge in [0, 0.05) is 18.8 Å². The highest BCUT2D eigenvalue weighted by molar-refractivity contribution is 6.33. The highest BCUT2D eigenvalue weighted by Gasteiger charge is 2.15. The zero-order valence-electron chi connectivity index (χ0n) is 17.7. The van der Waals surface area contributed by atoms with Crippen molar-refractivity contribution in [2.45, 2.75) is 32.7 Å². The van der Waals surface area contributed by atoms with Crippen molar-refractivity contribution in [2.75, 3.05) is 41.0 Å². The fraction of sp³-hybridized carbons (Fsp3) is 0.500. The van der Waals surface area contributed by atoms with Gasteiger partial charge in [0.15, 0.2) is 11.5 Å². The van der Waals surface area contributed by atoms with Gasteiger partial charge in [0.1, 0.15) is 12.4 Å². The van der Waals surface area contributed by atoms with Gasteiger partial charge in [0.05, 0.1) is 25.3 Å². The molecule has 1 heterocycles. The van der Waals surface area contributed by atoms with E-state index in [0.29, 0.717) is 42.0 Å². The molecule has 160 valence electrons. The van der Waals surface area contributed by atoms with Crippen LogP contribution in [0, 0.1) is 0 Å². The van der Waals surface area contributed by atoms with Gasteiger partial charge >= 0.3 is 0 Å². The number of benzene rings is 1. The smallest absolute Gasteiger partial charge is 0.254 e. The molecule has 0 aliphatic rings. The maximum Gasteiger partial charge on any atom is 0.254 e. The van der Waals surface area contributed by atoms with Crippen molar-refractivity contribution < 1.29 is 14.2 Å². The van der Waals surface area contributed by atoms with Gasteiger partial charge in [-0.05, 0) is 38.2 Å². The van der Waals surface area contributed by atoms with E-state index in [2.05, 4.69) is 6.92 Å². The molecule has 0 saturated heterocycles. The minimum atomic E-state index is -0.139. The Morgan fingerprint density at radius 1 is 1.10 bits per heavy atom. The van der Waals surface area contributed by atoms with Crippen LogP contribution in [0.15, 0.2) is 35.3 Å². The number of halogens is 1. The molecule has 1 aromatic carbocycles. The first-order valence-electron chi connectivity index (χ1n) is 9.92. The molecule has 1 aromatic heterocycles. The van der Waals surface area contributed by atoms with E-state index < -0.39 is 0 Å². The molecule has 6 nitrogen and oxygen atoms in total. The summed E-state index contributed by atoms with van der Waals surface area (Å²) in [4.78, 5) is 14.5. The van der Waals surface area contributed by atoms with E-state index in [1.54, 1.807) is 23.9 Å². The molecule has 0 bridgehead atoms. The summed E-state index contributed by atoms with van der Waals surface area (Å²) >= 11 is 6.58. The van der Waals surface area contributed by atoms with Crippen molar-refractivity contribution in [3.63, 3.8) is 0 Å². The Hall–Kier alpha value is -2.18. The number of likely N-dealkylation sites (N-methyl/N-ethyl adjacent to an activating group) is 1. The normalized spacial score (nSPS) is 11.0. The summed E-state index contributed by atoms with van der Waals surface area (Å²) in [7, 11) is 5.53. The fourth-order valence-electron chi connectivity index (χ4n) is 2.76. The van der Waals surface area contributed by atoms with Crippen LogP contribution < -0.4 is 19.8 Å². The standard InChI is InChI=1S/C22H31ClN2O4/c1-5-6-7-13-28-18-10-11-25(20(26)15-18)16-17-8-9-19(27-4)22(21(17)23)29-14-12-24(2)3/h8-11,15H,5-7,12-14,16H2,1-4H3. The third-order valence-corrected chi connectivity index (χ3v) is 4.89. The maximum absolute atomic E-state index is 12.5. The molecular weight excluding hydrogens is 392 g/mol. The molecule has 0 N–H and O–H groups in total. The molecule has 0 amide bonds. The molecule has 0 aliphatic carbocycles. The van der Waals surface area contributed by atoms with Gasteiger partial charge in [-0.2, -0.15) is 0 Å². The first-order chi connectivity index (χ1) is 14.0. The van der Waals surface area contributed by atoms with Crippen molar-refractivity contribution in [1.29, 1.82) is 0 Å². The Kier molecular flexibility index (Phi) is 9.35. The quantitative estimate of drug-likeness (QED) is 0.482. The highest BCUT2D eigenvalue weighted by atomic mass is 35.5. The summed E-state index contributed by atoms with van der Waals surface area (Å²) < 4.78 is 18.5. The van der Waals surface area contributed by atoms with Gasteiger partial charge in [0.2, 0.25) is 0 Å². The number of nitrogens with zero attached hydrogens (tertiary/aromatic N) is 2. The van der Waals surface area contributed by atoms with E-state index in [9.17, 15) is 4.79 Å². The SMILES string of the molecule is CCCCCOc1ccn(Cc2ccc(OC)c(OCCN(C)C)c2Cl)c(=O)c1. The lowest BCUT2D eigenvalue weighted by molar-refractivity contribution is 0.250. The molecule has 2 aromatic rings. The van der Waals surface area contributed by atoms with Crippen molar-refractivity contribution in [3.05, 3.63) is 51.4 Å². The van der Waals surface area contributed by atoms with E-state index in [4.69, 9.17) is 25.8 Å². The number of unbranched alkanes of at least 4 members (excludes halogenated alkanes) is 2. The lowest BCUT2D eigenvalue weighted by Gasteiger charge is -2.17. The third-order valence-electron chi connectivity index (χ3n) is 4.47. The van der Waals surface area contributed by atoms with Gasteiger partial charge in [0.25, 0.3) is 5.56 Å². The second-order valence-corrected chi connectivity index (χ2v) is 7.48. The lowest BCUT2D eigenvalue weighted by atomic mass is 10.2. The maximum atomic E-state index is 12.5. The molecular formula is C22H31ClN2O4. The van der Waals surface area contributed by atoms with Crippen LogP contribution in [0.3, 0.4) is 0 Å². The van der Waals surface area contributed by atoms with Crippen LogP contribution in [0.4, 0.5) is 0 Å². The lowest BCUT2D eigenvalue weighted by Crippen LogP contribution is -2.20. The number of aromatic nitrogens is 1. The average molecular weight is 423 g/mol. The molecule has 0 spiro atoms. The minimum absolute atomic E-state index is 0.139. The Balaban J connectivity index is 2.13. The number of methoxy groups -OCH3 is 1. The highest BCUT2D eigenvalue weighted by Crippen LogP contribution is 2.37. The predicted molar refractivity (Wildman–Crippen MR) is 117 cm³/mol. The van der Waals surface area contributed by atoms with E-state index in [1.807, 2.05) is 31.1 Å². The summed E-state index contributed by atoms with van der Waals surface area (Å²) in [5, 5.41) is 0.454. The van der Waals surface area contributed by atoms with E-state index >= 15 is 0 Å². The van der Waals surface area contributed by atoms with E-state index in [0.717, 1.165) is 31.4 Å². The zero-order chi connectivity index (χ0) is 21.2. The zero-order valence-corrected chi connectivity index (χ0v) is 18.5. The van der Waals surface area contributed by atoms with Crippen molar-refractivity contribution >= 4 is 11.6 Å². The molecule has 0 saturated carbocycles. The topological polar surface area (TPSA) is 52.9 Å². The van der Waals surface area contributed by atoms with Crippen LogP contribution in [0.1, 0.15) is 31.7 Å². The Bertz CT molecular complexity index is 836. The number of rotatable bonds is 12. The van der Waals surface area contributed by atoms with Crippen LogP contribution in [0.5, 0.6) is 17.2 Å². The largest absolute Gasteiger partial charge is 0.493 e. The molecule has 0 atom stereocenters. The van der Waals surface area contributed by atoms with Crippen molar-refractivity contribution in [2.24, 2.45) is 0 Å². The predicted octanol–water partition coefficient (Wildman–Crippen LogP) is 4.07. The third kappa shape index (κ3) is 6.98.